The molecule has 0 spiro atoms. The average molecular weight is 212 g/mol. The van der Waals surface area contributed by atoms with E-state index in [0.717, 1.165) is 13.1 Å². The van der Waals surface area contributed by atoms with E-state index in [1.54, 1.807) is 0 Å². The normalized spacial score (nSPS) is 17.9. The highest BCUT2D eigenvalue weighted by molar-refractivity contribution is 5.76. The van der Waals surface area contributed by atoms with Crippen molar-refractivity contribution in [2.75, 3.05) is 13.1 Å². The minimum atomic E-state index is 0.196. The van der Waals surface area contributed by atoms with E-state index < -0.39 is 0 Å². The summed E-state index contributed by atoms with van der Waals surface area (Å²) in [6, 6.07) is 0.493. The Kier molecular flexibility index (Phi) is 5.09. The lowest BCUT2D eigenvalue weighted by atomic mass is 9.98. The zero-order valence-corrected chi connectivity index (χ0v) is 10.2. The van der Waals surface area contributed by atoms with Crippen molar-refractivity contribution in [2.24, 2.45) is 11.8 Å². The lowest BCUT2D eigenvalue weighted by Crippen LogP contribution is -2.31. The first kappa shape index (κ1) is 12.5. The van der Waals surface area contributed by atoms with Crippen LogP contribution in [0.15, 0.2) is 0 Å². The van der Waals surface area contributed by atoms with Gasteiger partial charge in [-0.2, -0.15) is 0 Å². The van der Waals surface area contributed by atoms with E-state index in [0.29, 0.717) is 24.3 Å². The topological polar surface area (TPSA) is 41.1 Å². The van der Waals surface area contributed by atoms with Gasteiger partial charge in [-0.3, -0.25) is 4.79 Å². The van der Waals surface area contributed by atoms with Crippen LogP contribution in [0.5, 0.6) is 0 Å². The maximum Gasteiger partial charge on any atom is 0.221 e. The van der Waals surface area contributed by atoms with E-state index in [4.69, 9.17) is 0 Å². The van der Waals surface area contributed by atoms with Crippen molar-refractivity contribution in [1.82, 2.24) is 10.6 Å². The number of rotatable bonds is 7. The second-order valence-electron chi connectivity index (χ2n) is 5.02. The Balaban J connectivity index is 1.93. The molecule has 0 aromatic carbocycles. The first-order valence-corrected chi connectivity index (χ1v) is 6.09. The third-order valence-electron chi connectivity index (χ3n) is 3.08. The zero-order valence-electron chi connectivity index (χ0n) is 10.2. The first-order valence-electron chi connectivity index (χ1n) is 6.09. The molecule has 0 aromatic rings. The molecule has 1 unspecified atom stereocenters. The van der Waals surface area contributed by atoms with Crippen LogP contribution >= 0.6 is 0 Å². The molecule has 0 aromatic heterocycles. The summed E-state index contributed by atoms with van der Waals surface area (Å²) in [7, 11) is 0. The summed E-state index contributed by atoms with van der Waals surface area (Å²) in [5.41, 5.74) is 0. The van der Waals surface area contributed by atoms with E-state index in [1.165, 1.54) is 12.8 Å². The molecule has 0 bridgehead atoms. The zero-order chi connectivity index (χ0) is 11.3. The molecule has 15 heavy (non-hydrogen) atoms. The minimum absolute atomic E-state index is 0.196. The number of carbonyl (C=O) groups excluding carboxylic acids is 1. The Bertz CT molecular complexity index is 200. The molecule has 3 nitrogen and oxygen atoms in total. The van der Waals surface area contributed by atoms with E-state index in [2.05, 4.69) is 31.4 Å². The molecule has 1 fully saturated rings. The van der Waals surface area contributed by atoms with E-state index >= 15 is 0 Å². The highest BCUT2D eigenvalue weighted by atomic mass is 16.1. The molecule has 2 N–H and O–H groups in total. The Labute approximate surface area is 93.0 Å². The third-order valence-corrected chi connectivity index (χ3v) is 3.08. The van der Waals surface area contributed by atoms with Crippen molar-refractivity contribution in [3.63, 3.8) is 0 Å². The second kappa shape index (κ2) is 6.11. The maximum absolute atomic E-state index is 11.3. The quantitative estimate of drug-likeness (QED) is 0.628. The molecule has 1 atom stereocenters. The Hall–Kier alpha value is -0.570. The van der Waals surface area contributed by atoms with Gasteiger partial charge in [0.15, 0.2) is 0 Å². The molecule has 1 aliphatic rings. The van der Waals surface area contributed by atoms with Crippen molar-refractivity contribution >= 4 is 5.91 Å². The van der Waals surface area contributed by atoms with Gasteiger partial charge in [0.25, 0.3) is 0 Å². The summed E-state index contributed by atoms with van der Waals surface area (Å²) in [6.45, 7) is 8.50. The van der Waals surface area contributed by atoms with Gasteiger partial charge < -0.3 is 10.6 Å². The highest BCUT2D eigenvalue weighted by Crippen LogP contribution is 2.18. The largest absolute Gasteiger partial charge is 0.353 e. The van der Waals surface area contributed by atoms with Crippen LogP contribution < -0.4 is 10.6 Å². The first-order chi connectivity index (χ1) is 7.09. The molecule has 88 valence electrons. The fourth-order valence-electron chi connectivity index (χ4n) is 1.29. The predicted molar refractivity (Wildman–Crippen MR) is 62.7 cm³/mol. The highest BCUT2D eigenvalue weighted by Gasteiger charge is 2.22. The van der Waals surface area contributed by atoms with Crippen molar-refractivity contribution in [1.29, 1.82) is 0 Å². The number of nitrogens with one attached hydrogen (secondary N) is 2. The Morgan fingerprint density at radius 1 is 1.33 bits per heavy atom. The Morgan fingerprint density at radius 2 is 2.00 bits per heavy atom. The van der Waals surface area contributed by atoms with Crippen LogP contribution in [0.1, 0.15) is 40.0 Å². The maximum atomic E-state index is 11.3. The van der Waals surface area contributed by atoms with Gasteiger partial charge in [0.05, 0.1) is 0 Å². The van der Waals surface area contributed by atoms with Crippen molar-refractivity contribution in [3.8, 4) is 0 Å². The van der Waals surface area contributed by atoms with Crippen LogP contribution in [0.25, 0.3) is 0 Å². The molecule has 1 rings (SSSR count). The molecule has 0 radical (unpaired) electrons. The van der Waals surface area contributed by atoms with Gasteiger partial charge in [0.2, 0.25) is 5.91 Å². The number of carbonyl (C=O) groups is 1. The monoisotopic (exact) mass is 212 g/mol. The van der Waals surface area contributed by atoms with E-state index in [9.17, 15) is 4.79 Å². The number of hydrogen-bond donors (Lipinski definition) is 2. The average Bonchev–Trinajstić information content (AvgIpc) is 2.95. The van der Waals surface area contributed by atoms with E-state index in [1.807, 2.05) is 0 Å². The summed E-state index contributed by atoms with van der Waals surface area (Å²) < 4.78 is 0. The number of amides is 1. The van der Waals surface area contributed by atoms with Crippen LogP contribution in [0, 0.1) is 11.8 Å². The summed E-state index contributed by atoms with van der Waals surface area (Å²) >= 11 is 0. The third kappa shape index (κ3) is 5.78. The Morgan fingerprint density at radius 3 is 2.53 bits per heavy atom. The molecule has 0 saturated heterocycles. The fourth-order valence-corrected chi connectivity index (χ4v) is 1.29. The second-order valence-corrected chi connectivity index (χ2v) is 5.02. The minimum Gasteiger partial charge on any atom is -0.353 e. The summed E-state index contributed by atoms with van der Waals surface area (Å²) in [5.74, 6) is 1.58. The summed E-state index contributed by atoms with van der Waals surface area (Å²) in [5, 5.41) is 6.32. The van der Waals surface area contributed by atoms with Crippen molar-refractivity contribution in [2.45, 2.75) is 46.1 Å². The molecule has 0 aliphatic heterocycles. The summed E-state index contributed by atoms with van der Waals surface area (Å²) in [6.07, 6.45) is 2.95. The van der Waals surface area contributed by atoms with Crippen molar-refractivity contribution < 1.29 is 4.79 Å². The van der Waals surface area contributed by atoms with Crippen LogP contribution in [0.2, 0.25) is 0 Å². The molecular formula is C12H24N2O. The molecular weight excluding hydrogens is 188 g/mol. The van der Waals surface area contributed by atoms with Gasteiger partial charge in [0, 0.05) is 19.0 Å². The SMILES string of the molecule is CC(C)C(C)CNCCC(=O)NC1CC1. The van der Waals surface area contributed by atoms with E-state index in [-0.39, 0.29) is 5.91 Å². The van der Waals surface area contributed by atoms with Crippen molar-refractivity contribution in [3.05, 3.63) is 0 Å². The van der Waals surface area contributed by atoms with Crippen LogP contribution in [0.3, 0.4) is 0 Å². The van der Waals surface area contributed by atoms with Gasteiger partial charge in [-0.15, -0.1) is 0 Å². The molecule has 1 aliphatic carbocycles. The van der Waals surface area contributed by atoms with Gasteiger partial charge in [-0.1, -0.05) is 20.8 Å². The number of hydrogen-bond acceptors (Lipinski definition) is 2. The van der Waals surface area contributed by atoms with Gasteiger partial charge in [-0.05, 0) is 31.2 Å². The predicted octanol–water partition coefficient (Wildman–Crippen LogP) is 1.54. The van der Waals surface area contributed by atoms with Gasteiger partial charge in [0.1, 0.15) is 0 Å². The molecule has 3 heteroatoms. The lowest BCUT2D eigenvalue weighted by Gasteiger charge is -2.15. The van der Waals surface area contributed by atoms with Crippen LogP contribution in [-0.4, -0.2) is 25.0 Å². The lowest BCUT2D eigenvalue weighted by molar-refractivity contribution is -0.121. The fraction of sp³-hybridized carbons (Fsp3) is 0.917. The molecule has 1 amide bonds. The van der Waals surface area contributed by atoms with Crippen LogP contribution in [0.4, 0.5) is 0 Å². The summed E-state index contributed by atoms with van der Waals surface area (Å²) in [4.78, 5) is 11.3. The molecule has 1 saturated carbocycles. The van der Waals surface area contributed by atoms with Gasteiger partial charge in [-0.25, -0.2) is 0 Å². The standard InChI is InChI=1S/C12H24N2O/c1-9(2)10(3)8-13-7-6-12(15)14-11-4-5-11/h9-11,13H,4-8H2,1-3H3,(H,14,15). The van der Waals surface area contributed by atoms with Gasteiger partial charge >= 0.3 is 0 Å². The molecule has 0 heterocycles. The van der Waals surface area contributed by atoms with Crippen LogP contribution in [-0.2, 0) is 4.79 Å². The smallest absolute Gasteiger partial charge is 0.221 e.